The molecule has 0 bridgehead atoms. The maximum absolute atomic E-state index is 4.97. The molecule has 1 unspecified atom stereocenters. The molecular formula is C10H17N3S. The van der Waals surface area contributed by atoms with Gasteiger partial charge in [-0.05, 0) is 44.3 Å². The van der Waals surface area contributed by atoms with Crippen LogP contribution < -0.4 is 10.7 Å². The van der Waals surface area contributed by atoms with E-state index < -0.39 is 0 Å². The summed E-state index contributed by atoms with van der Waals surface area (Å²) in [6.45, 7) is 2.83. The van der Waals surface area contributed by atoms with Crippen molar-refractivity contribution in [1.82, 2.24) is 10.7 Å². The van der Waals surface area contributed by atoms with Gasteiger partial charge in [-0.15, -0.1) is 0 Å². The van der Waals surface area contributed by atoms with Crippen molar-refractivity contribution in [2.45, 2.75) is 26.2 Å². The lowest BCUT2D eigenvalue weighted by molar-refractivity contribution is 0.624. The standard InChI is InChI=1S/C10H17N3S/c1-2-11-10(14)13-12-8-9-6-4-3-5-7-9/h3-4,8-9H,2,5-7H2,1H3,(H2,11,13,14)/b12-8-. The van der Waals surface area contributed by atoms with Gasteiger partial charge in [0.05, 0.1) is 0 Å². The summed E-state index contributed by atoms with van der Waals surface area (Å²) >= 11 is 4.97. The Morgan fingerprint density at radius 2 is 2.50 bits per heavy atom. The summed E-state index contributed by atoms with van der Waals surface area (Å²) in [6.07, 6.45) is 9.83. The van der Waals surface area contributed by atoms with Crippen LogP contribution in [0, 0.1) is 5.92 Å². The summed E-state index contributed by atoms with van der Waals surface area (Å²) < 4.78 is 0. The molecule has 3 nitrogen and oxygen atoms in total. The second-order valence-corrected chi connectivity index (χ2v) is 3.70. The Bertz CT molecular complexity index is 236. The molecule has 1 aliphatic carbocycles. The van der Waals surface area contributed by atoms with E-state index in [4.69, 9.17) is 12.2 Å². The maximum atomic E-state index is 4.97. The van der Waals surface area contributed by atoms with Crippen molar-refractivity contribution >= 4 is 23.5 Å². The second kappa shape index (κ2) is 6.54. The van der Waals surface area contributed by atoms with Crippen LogP contribution in [0.2, 0.25) is 0 Å². The van der Waals surface area contributed by atoms with Gasteiger partial charge in [0.25, 0.3) is 0 Å². The Morgan fingerprint density at radius 3 is 3.14 bits per heavy atom. The minimum atomic E-state index is 0.567. The van der Waals surface area contributed by atoms with Crippen LogP contribution in [0.25, 0.3) is 0 Å². The normalized spacial score (nSPS) is 21.1. The highest BCUT2D eigenvalue weighted by atomic mass is 32.1. The fourth-order valence-corrected chi connectivity index (χ4v) is 1.55. The van der Waals surface area contributed by atoms with E-state index in [0.29, 0.717) is 11.0 Å². The molecule has 2 N–H and O–H groups in total. The summed E-state index contributed by atoms with van der Waals surface area (Å²) in [5.41, 5.74) is 2.80. The van der Waals surface area contributed by atoms with Crippen molar-refractivity contribution in [2.75, 3.05) is 6.54 Å². The Labute approximate surface area is 90.7 Å². The highest BCUT2D eigenvalue weighted by Gasteiger charge is 2.05. The average Bonchev–Trinajstić information content (AvgIpc) is 2.20. The highest BCUT2D eigenvalue weighted by molar-refractivity contribution is 7.80. The Kier molecular flexibility index (Phi) is 5.22. The van der Waals surface area contributed by atoms with Gasteiger partial charge in [0.2, 0.25) is 0 Å². The number of hydrazone groups is 1. The second-order valence-electron chi connectivity index (χ2n) is 3.29. The molecular weight excluding hydrogens is 194 g/mol. The summed E-state index contributed by atoms with van der Waals surface area (Å²) in [5.74, 6) is 0.567. The monoisotopic (exact) mass is 211 g/mol. The van der Waals surface area contributed by atoms with Gasteiger partial charge in [0.1, 0.15) is 0 Å². The van der Waals surface area contributed by atoms with Crippen LogP contribution in [0.5, 0.6) is 0 Å². The van der Waals surface area contributed by atoms with Gasteiger partial charge >= 0.3 is 0 Å². The minimum Gasteiger partial charge on any atom is -0.362 e. The van der Waals surface area contributed by atoms with E-state index in [2.05, 4.69) is 28.0 Å². The summed E-state index contributed by atoms with van der Waals surface area (Å²) in [5, 5.41) is 7.67. The average molecular weight is 211 g/mol. The molecule has 14 heavy (non-hydrogen) atoms. The van der Waals surface area contributed by atoms with Gasteiger partial charge in [-0.1, -0.05) is 12.2 Å². The molecule has 0 saturated carbocycles. The maximum Gasteiger partial charge on any atom is 0.186 e. The van der Waals surface area contributed by atoms with Crippen molar-refractivity contribution in [3.05, 3.63) is 12.2 Å². The van der Waals surface area contributed by atoms with E-state index in [9.17, 15) is 0 Å². The van der Waals surface area contributed by atoms with E-state index in [-0.39, 0.29) is 0 Å². The molecule has 0 spiro atoms. The molecule has 4 heteroatoms. The topological polar surface area (TPSA) is 36.4 Å². The Hall–Kier alpha value is -0.900. The first-order valence-electron chi connectivity index (χ1n) is 5.05. The van der Waals surface area contributed by atoms with E-state index in [1.54, 1.807) is 0 Å². The fraction of sp³-hybridized carbons (Fsp3) is 0.600. The van der Waals surface area contributed by atoms with E-state index in [1.807, 2.05) is 13.1 Å². The van der Waals surface area contributed by atoms with E-state index in [1.165, 1.54) is 6.42 Å². The number of nitrogens with one attached hydrogen (secondary N) is 2. The molecule has 0 radical (unpaired) electrons. The third kappa shape index (κ3) is 4.37. The molecule has 0 aliphatic heterocycles. The van der Waals surface area contributed by atoms with Gasteiger partial charge in [-0.3, -0.25) is 5.43 Å². The van der Waals surface area contributed by atoms with Crippen LogP contribution in [0.4, 0.5) is 0 Å². The SMILES string of the molecule is CCNC(=S)N/N=C\C1CC=CCC1. The van der Waals surface area contributed by atoms with Gasteiger partial charge in [-0.25, -0.2) is 0 Å². The predicted octanol–water partition coefficient (Wildman–Crippen LogP) is 1.81. The molecule has 0 aromatic heterocycles. The Morgan fingerprint density at radius 1 is 1.64 bits per heavy atom. The third-order valence-electron chi connectivity index (χ3n) is 2.10. The summed E-state index contributed by atoms with van der Waals surface area (Å²) in [7, 11) is 0. The van der Waals surface area contributed by atoms with E-state index in [0.717, 1.165) is 19.4 Å². The molecule has 0 aromatic carbocycles. The molecule has 78 valence electrons. The summed E-state index contributed by atoms with van der Waals surface area (Å²) in [6, 6.07) is 0. The zero-order valence-corrected chi connectivity index (χ0v) is 9.31. The van der Waals surface area contributed by atoms with Crippen molar-refractivity contribution in [3.63, 3.8) is 0 Å². The first-order valence-corrected chi connectivity index (χ1v) is 5.45. The molecule has 1 aliphatic rings. The van der Waals surface area contributed by atoms with Crippen LogP contribution in [0.1, 0.15) is 26.2 Å². The summed E-state index contributed by atoms with van der Waals surface area (Å²) in [4.78, 5) is 0. The highest BCUT2D eigenvalue weighted by Crippen LogP contribution is 2.15. The largest absolute Gasteiger partial charge is 0.362 e. The first-order chi connectivity index (χ1) is 6.83. The number of rotatable bonds is 3. The molecule has 0 aromatic rings. The predicted molar refractivity (Wildman–Crippen MR) is 64.4 cm³/mol. The molecule has 0 heterocycles. The quantitative estimate of drug-likeness (QED) is 0.323. The van der Waals surface area contributed by atoms with Crippen LogP contribution in [0.15, 0.2) is 17.3 Å². The van der Waals surface area contributed by atoms with Crippen LogP contribution in [-0.2, 0) is 0 Å². The molecule has 0 amide bonds. The third-order valence-corrected chi connectivity index (χ3v) is 2.33. The molecule has 0 fully saturated rings. The number of hydrogen-bond acceptors (Lipinski definition) is 2. The first kappa shape index (κ1) is 11.2. The molecule has 1 atom stereocenters. The lowest BCUT2D eigenvalue weighted by Gasteiger charge is -2.12. The smallest absolute Gasteiger partial charge is 0.186 e. The van der Waals surface area contributed by atoms with Crippen LogP contribution in [-0.4, -0.2) is 17.9 Å². The van der Waals surface area contributed by atoms with Gasteiger partial charge in [-0.2, -0.15) is 5.10 Å². The van der Waals surface area contributed by atoms with Gasteiger partial charge in [0.15, 0.2) is 5.11 Å². The lowest BCUT2D eigenvalue weighted by atomic mass is 9.96. The van der Waals surface area contributed by atoms with Crippen molar-refractivity contribution in [3.8, 4) is 0 Å². The van der Waals surface area contributed by atoms with Gasteiger partial charge in [0, 0.05) is 12.8 Å². The fourth-order valence-electron chi connectivity index (χ4n) is 1.35. The number of hydrogen-bond donors (Lipinski definition) is 2. The minimum absolute atomic E-state index is 0.567. The zero-order valence-electron chi connectivity index (χ0n) is 8.49. The molecule has 1 rings (SSSR count). The molecule has 0 saturated heterocycles. The number of nitrogens with zero attached hydrogens (tertiary/aromatic N) is 1. The number of thiocarbonyl (C=S) groups is 1. The van der Waals surface area contributed by atoms with Crippen LogP contribution >= 0.6 is 12.2 Å². The Balaban J connectivity index is 2.19. The van der Waals surface area contributed by atoms with E-state index >= 15 is 0 Å². The van der Waals surface area contributed by atoms with Crippen LogP contribution in [0.3, 0.4) is 0 Å². The van der Waals surface area contributed by atoms with Crippen molar-refractivity contribution in [2.24, 2.45) is 11.0 Å². The number of allylic oxidation sites excluding steroid dienone is 2. The van der Waals surface area contributed by atoms with Gasteiger partial charge < -0.3 is 5.32 Å². The van der Waals surface area contributed by atoms with Crippen molar-refractivity contribution in [1.29, 1.82) is 0 Å². The zero-order chi connectivity index (χ0) is 10.2. The lowest BCUT2D eigenvalue weighted by Crippen LogP contribution is -2.31. The van der Waals surface area contributed by atoms with Crippen molar-refractivity contribution < 1.29 is 0 Å².